The highest BCUT2D eigenvalue weighted by molar-refractivity contribution is 5.88. The molecule has 7 heteroatoms. The number of carboxylic acid groups (broad SMARTS) is 1. The lowest BCUT2D eigenvalue weighted by molar-refractivity contribution is 0.0684. The number of nitrogens with zero attached hydrogens (tertiary/aromatic N) is 2. The molecule has 110 valence electrons. The number of benzene rings is 1. The Labute approximate surface area is 120 Å². The Bertz CT molecular complexity index is 710. The highest BCUT2D eigenvalue weighted by Gasteiger charge is 2.21. The molecule has 7 nitrogen and oxygen atoms in total. The van der Waals surface area contributed by atoms with Crippen molar-refractivity contribution in [2.45, 2.75) is 6.61 Å². The lowest BCUT2D eigenvalue weighted by Gasteiger charge is -2.12. The molecule has 0 saturated heterocycles. The predicted molar refractivity (Wildman–Crippen MR) is 76.8 cm³/mol. The molecule has 2 aromatic rings. The second kappa shape index (κ2) is 6.08. The van der Waals surface area contributed by atoms with E-state index in [2.05, 4.69) is 10.3 Å². The normalized spacial score (nSPS) is 10.2. The SMILES string of the molecule is CNc1nc(C(=O)O)c(OCc2ccccc2)c(=O)n1C. The molecule has 1 aromatic carbocycles. The second-order valence-corrected chi connectivity index (χ2v) is 4.31. The standard InChI is InChI=1S/C14H15N3O4/c1-15-14-16-10(13(19)20)11(12(18)17(14)2)21-8-9-6-4-3-5-7-9/h3-7H,8H2,1-2H3,(H,15,16)(H,19,20). The minimum Gasteiger partial charge on any atom is -0.481 e. The molecule has 1 heterocycles. The van der Waals surface area contributed by atoms with Crippen molar-refractivity contribution in [1.82, 2.24) is 9.55 Å². The molecule has 1 aromatic heterocycles. The zero-order valence-corrected chi connectivity index (χ0v) is 11.7. The van der Waals surface area contributed by atoms with Crippen LogP contribution in [0, 0.1) is 0 Å². The Morgan fingerprint density at radius 1 is 1.38 bits per heavy atom. The summed E-state index contributed by atoms with van der Waals surface area (Å²) in [4.78, 5) is 27.3. The molecule has 0 spiro atoms. The van der Waals surface area contributed by atoms with Gasteiger partial charge in [-0.3, -0.25) is 9.36 Å². The number of hydrogen-bond acceptors (Lipinski definition) is 5. The van der Waals surface area contributed by atoms with Crippen LogP contribution in [0.2, 0.25) is 0 Å². The molecule has 0 radical (unpaired) electrons. The number of aromatic nitrogens is 2. The average Bonchev–Trinajstić information content (AvgIpc) is 2.49. The van der Waals surface area contributed by atoms with Crippen LogP contribution in [0.25, 0.3) is 0 Å². The topological polar surface area (TPSA) is 93.5 Å². The number of rotatable bonds is 5. The van der Waals surface area contributed by atoms with E-state index in [4.69, 9.17) is 4.74 Å². The van der Waals surface area contributed by atoms with E-state index in [1.165, 1.54) is 11.6 Å². The zero-order valence-electron chi connectivity index (χ0n) is 11.7. The Morgan fingerprint density at radius 2 is 2.05 bits per heavy atom. The van der Waals surface area contributed by atoms with E-state index < -0.39 is 17.2 Å². The first-order valence-corrected chi connectivity index (χ1v) is 6.23. The fraction of sp³-hybridized carbons (Fsp3) is 0.214. The summed E-state index contributed by atoms with van der Waals surface area (Å²) in [5.41, 5.74) is -0.130. The summed E-state index contributed by atoms with van der Waals surface area (Å²) in [6.45, 7) is 0.0942. The Morgan fingerprint density at radius 3 is 2.62 bits per heavy atom. The maximum atomic E-state index is 12.2. The van der Waals surface area contributed by atoms with Crippen molar-refractivity contribution >= 4 is 11.9 Å². The van der Waals surface area contributed by atoms with Crippen LogP contribution in [0.1, 0.15) is 16.1 Å². The maximum absolute atomic E-state index is 12.2. The summed E-state index contributed by atoms with van der Waals surface area (Å²) < 4.78 is 6.59. The zero-order chi connectivity index (χ0) is 15.4. The molecule has 0 aliphatic carbocycles. The summed E-state index contributed by atoms with van der Waals surface area (Å²) in [6, 6.07) is 9.16. The van der Waals surface area contributed by atoms with Crippen LogP contribution in [0.3, 0.4) is 0 Å². The summed E-state index contributed by atoms with van der Waals surface area (Å²) in [6.07, 6.45) is 0. The van der Waals surface area contributed by atoms with Gasteiger partial charge in [0, 0.05) is 14.1 Å². The van der Waals surface area contributed by atoms with Gasteiger partial charge in [0.15, 0.2) is 5.69 Å². The van der Waals surface area contributed by atoms with E-state index in [-0.39, 0.29) is 18.3 Å². The molecule has 0 aliphatic heterocycles. The van der Waals surface area contributed by atoms with Crippen LogP contribution >= 0.6 is 0 Å². The monoisotopic (exact) mass is 289 g/mol. The Kier molecular flexibility index (Phi) is 4.22. The van der Waals surface area contributed by atoms with Crippen LogP contribution in [0.15, 0.2) is 35.1 Å². The minimum absolute atomic E-state index is 0.0942. The van der Waals surface area contributed by atoms with Crippen molar-refractivity contribution in [2.75, 3.05) is 12.4 Å². The summed E-state index contributed by atoms with van der Waals surface area (Å²) in [5.74, 6) is -1.43. The predicted octanol–water partition coefficient (Wildman–Crippen LogP) is 1.10. The number of carboxylic acids is 1. The van der Waals surface area contributed by atoms with Gasteiger partial charge in [-0.15, -0.1) is 0 Å². The number of anilines is 1. The summed E-state index contributed by atoms with van der Waals surface area (Å²) in [7, 11) is 3.04. The van der Waals surface area contributed by atoms with Crippen LogP contribution in [0.4, 0.5) is 5.95 Å². The fourth-order valence-electron chi connectivity index (χ4n) is 1.81. The van der Waals surface area contributed by atoms with Crippen LogP contribution in [0.5, 0.6) is 5.75 Å². The van der Waals surface area contributed by atoms with E-state index in [1.54, 1.807) is 7.05 Å². The molecule has 2 rings (SSSR count). The quantitative estimate of drug-likeness (QED) is 0.856. The third-order valence-corrected chi connectivity index (χ3v) is 2.90. The van der Waals surface area contributed by atoms with Crippen molar-refractivity contribution in [2.24, 2.45) is 7.05 Å². The number of carbonyl (C=O) groups is 1. The number of nitrogens with one attached hydrogen (secondary N) is 1. The van der Waals surface area contributed by atoms with Gasteiger partial charge < -0.3 is 15.2 Å². The van der Waals surface area contributed by atoms with E-state index in [0.29, 0.717) is 0 Å². The second-order valence-electron chi connectivity index (χ2n) is 4.31. The van der Waals surface area contributed by atoms with Gasteiger partial charge in [-0.05, 0) is 5.56 Å². The largest absolute Gasteiger partial charge is 0.481 e. The maximum Gasteiger partial charge on any atom is 0.358 e. The van der Waals surface area contributed by atoms with Crippen molar-refractivity contribution in [3.63, 3.8) is 0 Å². The smallest absolute Gasteiger partial charge is 0.358 e. The molecule has 21 heavy (non-hydrogen) atoms. The van der Waals surface area contributed by atoms with Gasteiger partial charge in [0.05, 0.1) is 0 Å². The van der Waals surface area contributed by atoms with Crippen molar-refractivity contribution in [1.29, 1.82) is 0 Å². The van der Waals surface area contributed by atoms with Gasteiger partial charge in [0.2, 0.25) is 11.7 Å². The Balaban J connectivity index is 2.40. The summed E-state index contributed by atoms with van der Waals surface area (Å²) in [5, 5.41) is 11.8. The molecule has 0 atom stereocenters. The number of aromatic carboxylic acids is 1. The average molecular weight is 289 g/mol. The third kappa shape index (κ3) is 3.02. The van der Waals surface area contributed by atoms with Gasteiger partial charge in [-0.1, -0.05) is 30.3 Å². The first-order valence-electron chi connectivity index (χ1n) is 6.23. The van der Waals surface area contributed by atoms with Crippen LogP contribution < -0.4 is 15.6 Å². The number of ether oxygens (including phenoxy) is 1. The minimum atomic E-state index is -1.31. The number of hydrogen-bond donors (Lipinski definition) is 2. The molecule has 2 N–H and O–H groups in total. The molecule has 0 fully saturated rings. The first-order chi connectivity index (χ1) is 10.0. The molecule has 0 aliphatic rings. The highest BCUT2D eigenvalue weighted by atomic mass is 16.5. The van der Waals surface area contributed by atoms with Crippen molar-refractivity contribution in [3.8, 4) is 5.75 Å². The molecular weight excluding hydrogens is 274 g/mol. The molecule has 0 unspecified atom stereocenters. The molecular formula is C14H15N3O4. The lowest BCUT2D eigenvalue weighted by atomic mass is 10.2. The van der Waals surface area contributed by atoms with E-state index in [1.807, 2.05) is 30.3 Å². The molecule has 0 amide bonds. The fourth-order valence-corrected chi connectivity index (χ4v) is 1.81. The third-order valence-electron chi connectivity index (χ3n) is 2.90. The van der Waals surface area contributed by atoms with Gasteiger partial charge in [0.25, 0.3) is 5.56 Å². The van der Waals surface area contributed by atoms with Gasteiger partial charge in [-0.2, -0.15) is 0 Å². The van der Waals surface area contributed by atoms with E-state index in [0.717, 1.165) is 5.56 Å². The first kappa shape index (κ1) is 14.6. The van der Waals surface area contributed by atoms with Crippen molar-refractivity contribution < 1.29 is 14.6 Å². The van der Waals surface area contributed by atoms with Crippen molar-refractivity contribution in [3.05, 3.63) is 51.9 Å². The summed E-state index contributed by atoms with van der Waals surface area (Å²) >= 11 is 0. The van der Waals surface area contributed by atoms with E-state index >= 15 is 0 Å². The molecule has 0 bridgehead atoms. The van der Waals surface area contributed by atoms with Crippen LogP contribution in [-0.4, -0.2) is 27.7 Å². The molecule has 0 saturated carbocycles. The lowest BCUT2D eigenvalue weighted by Crippen LogP contribution is -2.26. The Hall–Kier alpha value is -2.83. The van der Waals surface area contributed by atoms with Gasteiger partial charge >= 0.3 is 5.97 Å². The van der Waals surface area contributed by atoms with Gasteiger partial charge in [0.1, 0.15) is 6.61 Å². The van der Waals surface area contributed by atoms with Crippen LogP contribution in [-0.2, 0) is 13.7 Å². The van der Waals surface area contributed by atoms with E-state index in [9.17, 15) is 14.7 Å². The highest BCUT2D eigenvalue weighted by Crippen LogP contribution is 2.15. The van der Waals surface area contributed by atoms with Gasteiger partial charge in [-0.25, -0.2) is 9.78 Å².